The molecule has 0 bridgehead atoms. The average molecular weight is 512 g/mol. The minimum atomic E-state index is -0.788. The number of carbonyl (C=O) groups is 2. The fourth-order valence-corrected chi connectivity index (χ4v) is 4.44. The van der Waals surface area contributed by atoms with E-state index in [2.05, 4.69) is 5.32 Å². The molecule has 0 aromatic heterocycles. The molecule has 1 atom stereocenters. The van der Waals surface area contributed by atoms with Crippen molar-refractivity contribution in [2.75, 3.05) is 23.9 Å². The molecular weight excluding hydrogens is 489 g/mol. The van der Waals surface area contributed by atoms with Crippen LogP contribution in [-0.4, -0.2) is 41.5 Å². The Morgan fingerprint density at radius 3 is 2.51 bits per heavy atom. The number of thiocarbonyl (C=S) groups is 1. The van der Waals surface area contributed by atoms with Crippen molar-refractivity contribution in [3.05, 3.63) is 89.2 Å². The summed E-state index contributed by atoms with van der Waals surface area (Å²) >= 11 is 11.7. The topological polar surface area (TPSA) is 61.9 Å². The first-order chi connectivity index (χ1) is 16.9. The molecule has 3 aromatic carbocycles. The van der Waals surface area contributed by atoms with Gasteiger partial charge < -0.3 is 15.0 Å². The molecule has 1 aliphatic heterocycles. The predicted molar refractivity (Wildman–Crippen MR) is 138 cm³/mol. The minimum absolute atomic E-state index is 0.0936. The molecular formula is C26H23ClFN3O3S. The molecule has 4 rings (SSSR count). The zero-order valence-corrected chi connectivity index (χ0v) is 20.5. The lowest BCUT2D eigenvalue weighted by atomic mass is 10.1. The van der Waals surface area contributed by atoms with Crippen LogP contribution in [0.1, 0.15) is 12.0 Å². The number of halogens is 2. The van der Waals surface area contributed by atoms with Gasteiger partial charge in [-0.1, -0.05) is 29.8 Å². The fraction of sp³-hybridized carbons (Fsp3) is 0.192. The van der Waals surface area contributed by atoms with Gasteiger partial charge in [0, 0.05) is 23.3 Å². The summed E-state index contributed by atoms with van der Waals surface area (Å²) < 4.78 is 18.5. The van der Waals surface area contributed by atoms with E-state index in [0.717, 1.165) is 5.56 Å². The highest BCUT2D eigenvalue weighted by molar-refractivity contribution is 7.80. The number of carbonyl (C=O) groups excluding carboxylic acids is 2. The molecule has 0 spiro atoms. The summed E-state index contributed by atoms with van der Waals surface area (Å²) in [6.45, 7) is 0.386. The van der Waals surface area contributed by atoms with Crippen LogP contribution in [0.3, 0.4) is 0 Å². The van der Waals surface area contributed by atoms with Gasteiger partial charge in [-0.2, -0.15) is 0 Å². The number of amides is 2. The Kier molecular flexibility index (Phi) is 7.63. The number of nitrogens with one attached hydrogen (secondary N) is 1. The van der Waals surface area contributed by atoms with Gasteiger partial charge in [-0.3, -0.25) is 14.5 Å². The molecule has 3 aromatic rings. The summed E-state index contributed by atoms with van der Waals surface area (Å²) in [5, 5.41) is 3.66. The Hall–Kier alpha value is -3.49. The lowest BCUT2D eigenvalue weighted by molar-refractivity contribution is -0.124. The second-order valence-electron chi connectivity index (χ2n) is 8.00. The van der Waals surface area contributed by atoms with E-state index < -0.39 is 6.04 Å². The lowest BCUT2D eigenvalue weighted by Crippen LogP contribution is -2.39. The van der Waals surface area contributed by atoms with Gasteiger partial charge in [0.05, 0.1) is 19.2 Å². The number of hydrogen-bond donors (Lipinski definition) is 1. The quantitative estimate of drug-likeness (QED) is 0.428. The lowest BCUT2D eigenvalue weighted by Gasteiger charge is -2.24. The van der Waals surface area contributed by atoms with Crippen LogP contribution in [0.2, 0.25) is 5.02 Å². The van der Waals surface area contributed by atoms with E-state index in [1.807, 2.05) is 0 Å². The van der Waals surface area contributed by atoms with Crippen molar-refractivity contribution in [1.82, 2.24) is 4.90 Å². The molecule has 9 heteroatoms. The van der Waals surface area contributed by atoms with Crippen LogP contribution < -0.4 is 15.0 Å². The number of methoxy groups -OCH3 is 1. The van der Waals surface area contributed by atoms with Crippen molar-refractivity contribution < 1.29 is 18.7 Å². The van der Waals surface area contributed by atoms with Crippen LogP contribution in [0, 0.1) is 5.82 Å². The second-order valence-corrected chi connectivity index (χ2v) is 8.80. The number of benzene rings is 3. The molecule has 1 N–H and O–H groups in total. The van der Waals surface area contributed by atoms with Crippen molar-refractivity contribution in [2.24, 2.45) is 0 Å². The van der Waals surface area contributed by atoms with Crippen molar-refractivity contribution in [2.45, 2.75) is 18.9 Å². The van der Waals surface area contributed by atoms with Crippen molar-refractivity contribution in [3.8, 4) is 5.75 Å². The Bertz CT molecular complexity index is 1240. The van der Waals surface area contributed by atoms with Crippen LogP contribution in [0.25, 0.3) is 0 Å². The number of rotatable bonds is 8. The van der Waals surface area contributed by atoms with Crippen LogP contribution in [0.5, 0.6) is 5.75 Å². The molecule has 1 aliphatic rings. The zero-order chi connectivity index (χ0) is 24.9. The third-order valence-electron chi connectivity index (χ3n) is 5.69. The average Bonchev–Trinajstić information content (AvgIpc) is 3.08. The predicted octanol–water partition coefficient (Wildman–Crippen LogP) is 5.06. The van der Waals surface area contributed by atoms with Gasteiger partial charge in [0.2, 0.25) is 5.91 Å². The zero-order valence-electron chi connectivity index (χ0n) is 18.9. The summed E-state index contributed by atoms with van der Waals surface area (Å²) in [4.78, 5) is 29.6. The van der Waals surface area contributed by atoms with E-state index in [4.69, 9.17) is 28.6 Å². The highest BCUT2D eigenvalue weighted by Gasteiger charge is 2.43. The molecule has 180 valence electrons. The molecule has 2 amide bonds. The van der Waals surface area contributed by atoms with Gasteiger partial charge in [-0.05, 0) is 72.7 Å². The number of ether oxygens (including phenoxy) is 1. The maximum atomic E-state index is 13.5. The van der Waals surface area contributed by atoms with Crippen LogP contribution in [-0.2, 0) is 16.0 Å². The maximum Gasteiger partial charge on any atom is 0.256 e. The van der Waals surface area contributed by atoms with Gasteiger partial charge in [-0.25, -0.2) is 4.39 Å². The van der Waals surface area contributed by atoms with Crippen LogP contribution in [0.15, 0.2) is 72.8 Å². The molecule has 1 saturated heterocycles. The Balaban J connectivity index is 1.55. The maximum absolute atomic E-state index is 13.5. The summed E-state index contributed by atoms with van der Waals surface area (Å²) in [7, 11) is 1.55. The summed E-state index contributed by atoms with van der Waals surface area (Å²) in [6.07, 6.45) is 0.430. The van der Waals surface area contributed by atoms with Crippen molar-refractivity contribution in [1.29, 1.82) is 0 Å². The van der Waals surface area contributed by atoms with Gasteiger partial charge in [-0.15, -0.1) is 0 Å². The largest absolute Gasteiger partial charge is 0.497 e. The van der Waals surface area contributed by atoms with Crippen molar-refractivity contribution in [3.63, 3.8) is 0 Å². The third-order valence-corrected chi connectivity index (χ3v) is 6.36. The number of anilines is 2. The molecule has 0 saturated carbocycles. The second kappa shape index (κ2) is 10.8. The van der Waals surface area contributed by atoms with Gasteiger partial charge >= 0.3 is 0 Å². The van der Waals surface area contributed by atoms with E-state index >= 15 is 0 Å². The first-order valence-electron chi connectivity index (χ1n) is 10.9. The molecule has 0 radical (unpaired) electrons. The fourth-order valence-electron chi connectivity index (χ4n) is 3.90. The first kappa shape index (κ1) is 24.6. The summed E-state index contributed by atoms with van der Waals surface area (Å²) in [5.41, 5.74) is 2.04. The van der Waals surface area contributed by atoms with Gasteiger partial charge in [0.25, 0.3) is 5.91 Å². The van der Waals surface area contributed by atoms with E-state index in [9.17, 15) is 14.0 Å². The molecule has 0 aliphatic carbocycles. The van der Waals surface area contributed by atoms with E-state index in [1.165, 1.54) is 17.0 Å². The molecule has 0 unspecified atom stereocenters. The normalized spacial score (nSPS) is 15.5. The van der Waals surface area contributed by atoms with E-state index in [-0.39, 0.29) is 24.1 Å². The monoisotopic (exact) mass is 511 g/mol. The van der Waals surface area contributed by atoms with Gasteiger partial charge in [0.1, 0.15) is 17.6 Å². The molecule has 6 nitrogen and oxygen atoms in total. The van der Waals surface area contributed by atoms with Crippen LogP contribution in [0.4, 0.5) is 15.8 Å². The highest BCUT2D eigenvalue weighted by atomic mass is 35.5. The standard InChI is InChI=1S/C26H23ClFN3O3S/c1-34-22-4-2-3-20(15-22)29-24(32)16-23-25(33)31(21-11-7-18(27)8-12-21)26(35)30(23)14-13-17-5-9-19(28)10-6-17/h2-12,15,23H,13-14,16H2,1H3,(H,29,32)/t23-/m1/s1. The molecule has 35 heavy (non-hydrogen) atoms. The number of nitrogens with zero attached hydrogens (tertiary/aromatic N) is 2. The minimum Gasteiger partial charge on any atom is -0.497 e. The van der Waals surface area contributed by atoms with Crippen LogP contribution >= 0.6 is 23.8 Å². The molecule has 1 fully saturated rings. The van der Waals surface area contributed by atoms with E-state index in [1.54, 1.807) is 72.7 Å². The Morgan fingerprint density at radius 2 is 1.83 bits per heavy atom. The Labute approximate surface area is 213 Å². The van der Waals surface area contributed by atoms with E-state index in [0.29, 0.717) is 40.2 Å². The van der Waals surface area contributed by atoms with Crippen molar-refractivity contribution >= 4 is 52.1 Å². The third kappa shape index (κ3) is 5.78. The summed E-state index contributed by atoms with van der Waals surface area (Å²) in [6, 6.07) is 19.1. The summed E-state index contributed by atoms with van der Waals surface area (Å²) in [5.74, 6) is -0.334. The smallest absolute Gasteiger partial charge is 0.256 e. The van der Waals surface area contributed by atoms with Gasteiger partial charge in [0.15, 0.2) is 5.11 Å². The SMILES string of the molecule is COc1cccc(NC(=O)C[C@@H]2C(=O)N(c3ccc(Cl)cc3)C(=S)N2CCc2ccc(F)cc2)c1. The highest BCUT2D eigenvalue weighted by Crippen LogP contribution is 2.29. The first-order valence-corrected chi connectivity index (χ1v) is 11.7. The Morgan fingerprint density at radius 1 is 1.11 bits per heavy atom. The number of hydrogen-bond acceptors (Lipinski definition) is 4. The molecule has 1 heterocycles.